The Bertz CT molecular complexity index is 771. The van der Waals surface area contributed by atoms with Gasteiger partial charge in [-0.2, -0.15) is 4.31 Å². The fourth-order valence-electron chi connectivity index (χ4n) is 2.86. The molecule has 1 saturated heterocycles. The molecular formula is C18H22N2O2S2. The molecule has 6 heteroatoms. The van der Waals surface area contributed by atoms with E-state index in [1.54, 1.807) is 4.31 Å². The fraction of sp³-hybridized carbons (Fsp3) is 0.333. The lowest BCUT2D eigenvalue weighted by Gasteiger charge is -2.36. The summed E-state index contributed by atoms with van der Waals surface area (Å²) < 4.78 is 26.7. The number of benzene rings is 2. The van der Waals surface area contributed by atoms with Crippen LogP contribution in [0.1, 0.15) is 5.56 Å². The van der Waals surface area contributed by atoms with Crippen LogP contribution in [0.4, 0.5) is 5.69 Å². The Morgan fingerprint density at radius 1 is 0.917 bits per heavy atom. The third kappa shape index (κ3) is 4.12. The van der Waals surface area contributed by atoms with Gasteiger partial charge in [-0.05, 0) is 30.7 Å². The molecule has 1 aliphatic rings. The van der Waals surface area contributed by atoms with Crippen LogP contribution in [0, 0.1) is 6.92 Å². The first kappa shape index (κ1) is 17.3. The topological polar surface area (TPSA) is 40.6 Å². The summed E-state index contributed by atoms with van der Waals surface area (Å²) in [7, 11) is -3.23. The maximum Gasteiger partial charge on any atom is 0.223 e. The predicted octanol–water partition coefficient (Wildman–Crippen LogP) is 3.20. The first-order valence-electron chi connectivity index (χ1n) is 8.02. The highest BCUT2D eigenvalue weighted by Gasteiger charge is 2.27. The van der Waals surface area contributed by atoms with E-state index in [9.17, 15) is 8.42 Å². The number of para-hydroxylation sites is 1. The van der Waals surface area contributed by atoms with Crippen molar-refractivity contribution in [3.05, 3.63) is 60.2 Å². The molecule has 0 bridgehead atoms. The van der Waals surface area contributed by atoms with Gasteiger partial charge in [0.2, 0.25) is 10.0 Å². The van der Waals surface area contributed by atoms with E-state index in [1.165, 1.54) is 23.0 Å². The number of aryl methyl sites for hydroxylation is 1. The molecule has 2 aromatic rings. The molecule has 4 nitrogen and oxygen atoms in total. The van der Waals surface area contributed by atoms with Gasteiger partial charge in [-0.1, -0.05) is 36.4 Å². The molecule has 0 unspecified atom stereocenters. The lowest BCUT2D eigenvalue weighted by molar-refractivity contribution is 0.387. The summed E-state index contributed by atoms with van der Waals surface area (Å²) in [4.78, 5) is 3.26. The number of hydrogen-bond acceptors (Lipinski definition) is 4. The van der Waals surface area contributed by atoms with E-state index < -0.39 is 10.0 Å². The van der Waals surface area contributed by atoms with Crippen molar-refractivity contribution in [2.75, 3.05) is 36.2 Å². The minimum atomic E-state index is -3.23. The average molecular weight is 363 g/mol. The van der Waals surface area contributed by atoms with E-state index in [0.717, 1.165) is 18.0 Å². The van der Waals surface area contributed by atoms with Gasteiger partial charge in [0.25, 0.3) is 0 Å². The zero-order valence-electron chi connectivity index (χ0n) is 13.8. The molecule has 1 heterocycles. The summed E-state index contributed by atoms with van der Waals surface area (Å²) in [6.45, 7) is 4.66. The zero-order chi connectivity index (χ0) is 17.0. The fourth-order valence-corrected chi connectivity index (χ4v) is 5.66. The summed E-state index contributed by atoms with van der Waals surface area (Å²) in [5.41, 5.74) is 2.43. The van der Waals surface area contributed by atoms with Crippen LogP contribution in [0.15, 0.2) is 59.5 Å². The highest BCUT2D eigenvalue weighted by atomic mass is 32.3. The van der Waals surface area contributed by atoms with Gasteiger partial charge in [-0.15, -0.1) is 11.8 Å². The van der Waals surface area contributed by atoms with Crippen LogP contribution in [0.25, 0.3) is 0 Å². The van der Waals surface area contributed by atoms with Crippen molar-refractivity contribution < 1.29 is 8.42 Å². The van der Waals surface area contributed by atoms with Crippen molar-refractivity contribution in [3.63, 3.8) is 0 Å². The predicted molar refractivity (Wildman–Crippen MR) is 101 cm³/mol. The Balaban J connectivity index is 1.58. The zero-order valence-corrected chi connectivity index (χ0v) is 15.4. The molecule has 1 aliphatic heterocycles. The molecule has 0 aromatic heterocycles. The first-order valence-corrected chi connectivity index (χ1v) is 10.6. The van der Waals surface area contributed by atoms with Crippen LogP contribution < -0.4 is 4.90 Å². The maximum atomic E-state index is 12.6. The monoisotopic (exact) mass is 362 g/mol. The summed E-state index contributed by atoms with van der Waals surface area (Å²) in [6.07, 6.45) is 0. The van der Waals surface area contributed by atoms with Crippen molar-refractivity contribution in [3.8, 4) is 0 Å². The molecule has 1 fully saturated rings. The second-order valence-corrected chi connectivity index (χ2v) is 9.24. The number of sulfonamides is 1. The SMILES string of the molecule is Cc1ccccc1N1CCN(S(=O)(=O)CSc2ccccc2)CC1. The molecule has 2 aromatic carbocycles. The molecule has 0 atom stereocenters. The van der Waals surface area contributed by atoms with Gasteiger partial charge in [0, 0.05) is 36.8 Å². The Kier molecular flexibility index (Phi) is 5.48. The summed E-state index contributed by atoms with van der Waals surface area (Å²) in [5, 5.41) is 0.0986. The molecule has 0 N–H and O–H groups in total. The highest BCUT2D eigenvalue weighted by Crippen LogP contribution is 2.24. The summed E-state index contributed by atoms with van der Waals surface area (Å²) >= 11 is 1.38. The second kappa shape index (κ2) is 7.59. The van der Waals surface area contributed by atoms with Crippen molar-refractivity contribution in [2.45, 2.75) is 11.8 Å². The van der Waals surface area contributed by atoms with Crippen LogP contribution in [-0.2, 0) is 10.0 Å². The van der Waals surface area contributed by atoms with E-state index in [-0.39, 0.29) is 5.08 Å². The number of piperazine rings is 1. The van der Waals surface area contributed by atoms with E-state index in [4.69, 9.17) is 0 Å². The number of thioether (sulfide) groups is 1. The van der Waals surface area contributed by atoms with Gasteiger partial charge >= 0.3 is 0 Å². The average Bonchev–Trinajstić information content (AvgIpc) is 2.62. The number of nitrogens with zero attached hydrogens (tertiary/aromatic N) is 2. The Labute approximate surface area is 148 Å². The Morgan fingerprint density at radius 2 is 1.54 bits per heavy atom. The lowest BCUT2D eigenvalue weighted by Crippen LogP contribution is -2.49. The van der Waals surface area contributed by atoms with Crippen LogP contribution in [-0.4, -0.2) is 44.0 Å². The summed E-state index contributed by atoms with van der Waals surface area (Å²) in [5.74, 6) is 0. The van der Waals surface area contributed by atoms with Crippen molar-refractivity contribution in [1.82, 2.24) is 4.31 Å². The van der Waals surface area contributed by atoms with E-state index in [0.29, 0.717) is 13.1 Å². The van der Waals surface area contributed by atoms with E-state index in [1.807, 2.05) is 42.5 Å². The number of rotatable bonds is 5. The van der Waals surface area contributed by atoms with Crippen LogP contribution >= 0.6 is 11.8 Å². The largest absolute Gasteiger partial charge is 0.369 e. The molecule has 0 radical (unpaired) electrons. The Morgan fingerprint density at radius 3 is 2.21 bits per heavy atom. The van der Waals surface area contributed by atoms with Gasteiger partial charge in [0.05, 0.1) is 0 Å². The van der Waals surface area contributed by atoms with Crippen LogP contribution in [0.3, 0.4) is 0 Å². The molecule has 0 saturated carbocycles. The van der Waals surface area contributed by atoms with Gasteiger partial charge < -0.3 is 4.90 Å². The molecule has 24 heavy (non-hydrogen) atoms. The minimum Gasteiger partial charge on any atom is -0.369 e. The van der Waals surface area contributed by atoms with Gasteiger partial charge in [0.15, 0.2) is 0 Å². The van der Waals surface area contributed by atoms with Crippen LogP contribution in [0.2, 0.25) is 0 Å². The first-order chi connectivity index (χ1) is 11.6. The number of hydrogen-bond donors (Lipinski definition) is 0. The third-order valence-electron chi connectivity index (χ3n) is 4.21. The highest BCUT2D eigenvalue weighted by molar-refractivity contribution is 8.11. The molecule has 0 spiro atoms. The molecule has 0 amide bonds. The molecule has 0 aliphatic carbocycles. The third-order valence-corrected chi connectivity index (χ3v) is 7.63. The van der Waals surface area contributed by atoms with E-state index in [2.05, 4.69) is 24.0 Å². The maximum absolute atomic E-state index is 12.6. The minimum absolute atomic E-state index is 0.0986. The van der Waals surface area contributed by atoms with Gasteiger partial charge in [0.1, 0.15) is 5.08 Å². The normalized spacial score (nSPS) is 16.3. The second-order valence-electron chi connectivity index (χ2n) is 5.86. The van der Waals surface area contributed by atoms with E-state index >= 15 is 0 Å². The molecule has 3 rings (SSSR count). The van der Waals surface area contributed by atoms with Crippen molar-refractivity contribution in [1.29, 1.82) is 0 Å². The van der Waals surface area contributed by atoms with Gasteiger partial charge in [-0.3, -0.25) is 0 Å². The number of anilines is 1. The lowest BCUT2D eigenvalue weighted by atomic mass is 10.1. The Hall–Kier alpha value is -1.50. The van der Waals surface area contributed by atoms with Gasteiger partial charge in [-0.25, -0.2) is 8.42 Å². The quantitative estimate of drug-likeness (QED) is 0.766. The van der Waals surface area contributed by atoms with Crippen LogP contribution in [0.5, 0.6) is 0 Å². The van der Waals surface area contributed by atoms with Crippen molar-refractivity contribution in [2.24, 2.45) is 0 Å². The molecule has 128 valence electrons. The summed E-state index contributed by atoms with van der Waals surface area (Å²) in [6, 6.07) is 17.9. The van der Waals surface area contributed by atoms with Crippen molar-refractivity contribution >= 4 is 27.5 Å². The standard InChI is InChI=1S/C18H22N2O2S2/c1-16-7-5-6-10-18(16)19-11-13-20(14-12-19)24(21,22)15-23-17-8-3-2-4-9-17/h2-10H,11-15H2,1H3. The molecular weight excluding hydrogens is 340 g/mol. The smallest absolute Gasteiger partial charge is 0.223 e.